The number of likely N-dealkylation sites (tertiary alicyclic amines) is 1. The van der Waals surface area contributed by atoms with Gasteiger partial charge >= 0.3 is 0 Å². The van der Waals surface area contributed by atoms with Crippen LogP contribution in [-0.2, 0) is 0 Å². The first-order valence-corrected chi connectivity index (χ1v) is 7.41. The van der Waals surface area contributed by atoms with Gasteiger partial charge < -0.3 is 10.0 Å². The molecular weight excluding hydrogens is 224 g/mol. The lowest BCUT2D eigenvalue weighted by Gasteiger charge is -2.49. The van der Waals surface area contributed by atoms with Crippen molar-refractivity contribution in [3.63, 3.8) is 0 Å². The maximum absolute atomic E-state index is 11.0. The van der Waals surface area contributed by atoms with Gasteiger partial charge in [-0.2, -0.15) is 5.26 Å². The molecule has 0 unspecified atom stereocenters. The molecule has 2 fully saturated rings. The Labute approximate surface area is 111 Å². The van der Waals surface area contributed by atoms with Crippen molar-refractivity contribution in [2.24, 2.45) is 11.3 Å². The van der Waals surface area contributed by atoms with Crippen LogP contribution in [0.25, 0.3) is 0 Å². The largest absolute Gasteiger partial charge is 0.388 e. The van der Waals surface area contributed by atoms with E-state index in [1.165, 1.54) is 0 Å². The summed E-state index contributed by atoms with van der Waals surface area (Å²) in [5.74, 6) is 0.714. The second-order valence-electron chi connectivity index (χ2n) is 6.34. The van der Waals surface area contributed by atoms with E-state index in [1.54, 1.807) is 0 Å². The second kappa shape index (κ2) is 5.19. The molecule has 18 heavy (non-hydrogen) atoms. The van der Waals surface area contributed by atoms with Gasteiger partial charge in [0.15, 0.2) is 0 Å². The van der Waals surface area contributed by atoms with Crippen molar-refractivity contribution in [2.75, 3.05) is 19.6 Å². The summed E-state index contributed by atoms with van der Waals surface area (Å²) in [7, 11) is 0. The number of piperidine rings is 1. The summed E-state index contributed by atoms with van der Waals surface area (Å²) in [6.45, 7) is 7.34. The van der Waals surface area contributed by atoms with E-state index < -0.39 is 11.0 Å². The van der Waals surface area contributed by atoms with Crippen molar-refractivity contribution < 1.29 is 5.11 Å². The predicted molar refractivity (Wildman–Crippen MR) is 72.0 cm³/mol. The molecule has 0 aromatic rings. The Bertz CT molecular complexity index is 318. The highest BCUT2D eigenvalue weighted by atomic mass is 16.3. The standard InChI is InChI=1S/C15H26N2O/c1-3-17-10-8-15(18,9-11-17)14(12-16)6-4-13(2)5-7-14/h13,18H,3-11H2,1-2H3. The minimum Gasteiger partial charge on any atom is -0.388 e. The lowest BCUT2D eigenvalue weighted by molar-refractivity contribution is -0.113. The number of hydrogen-bond donors (Lipinski definition) is 1. The van der Waals surface area contributed by atoms with Crippen LogP contribution in [0, 0.1) is 22.7 Å². The van der Waals surface area contributed by atoms with Gasteiger partial charge in [-0.05, 0) is 51.0 Å². The summed E-state index contributed by atoms with van der Waals surface area (Å²) < 4.78 is 0. The van der Waals surface area contributed by atoms with Crippen molar-refractivity contribution >= 4 is 0 Å². The molecule has 1 saturated carbocycles. The van der Waals surface area contributed by atoms with Gasteiger partial charge in [-0.15, -0.1) is 0 Å². The SMILES string of the molecule is CCN1CCC(O)(C2(C#N)CCC(C)CC2)CC1. The maximum atomic E-state index is 11.0. The molecule has 3 nitrogen and oxygen atoms in total. The number of aliphatic hydroxyl groups is 1. The van der Waals surface area contributed by atoms with Crippen LogP contribution in [0.5, 0.6) is 0 Å². The van der Waals surface area contributed by atoms with Crippen molar-refractivity contribution in [3.8, 4) is 6.07 Å². The van der Waals surface area contributed by atoms with Crippen molar-refractivity contribution in [1.82, 2.24) is 4.90 Å². The highest BCUT2D eigenvalue weighted by molar-refractivity contribution is 5.14. The molecule has 1 N–H and O–H groups in total. The van der Waals surface area contributed by atoms with Crippen LogP contribution in [0.2, 0.25) is 0 Å². The third-order valence-electron chi connectivity index (χ3n) is 5.36. The Morgan fingerprint density at radius 1 is 1.22 bits per heavy atom. The lowest BCUT2D eigenvalue weighted by Crippen LogP contribution is -2.55. The molecule has 0 atom stereocenters. The van der Waals surface area contributed by atoms with Gasteiger partial charge in [0, 0.05) is 13.1 Å². The van der Waals surface area contributed by atoms with Gasteiger partial charge in [-0.3, -0.25) is 0 Å². The molecule has 2 aliphatic rings. The number of nitriles is 1. The van der Waals surface area contributed by atoms with E-state index in [-0.39, 0.29) is 0 Å². The van der Waals surface area contributed by atoms with Crippen LogP contribution in [0.15, 0.2) is 0 Å². The number of hydrogen-bond acceptors (Lipinski definition) is 3. The average Bonchev–Trinajstić information content (AvgIpc) is 2.41. The first kappa shape index (κ1) is 13.8. The zero-order chi connectivity index (χ0) is 13.2. The fraction of sp³-hybridized carbons (Fsp3) is 0.933. The fourth-order valence-corrected chi connectivity index (χ4v) is 3.65. The monoisotopic (exact) mass is 250 g/mol. The van der Waals surface area contributed by atoms with E-state index in [9.17, 15) is 10.4 Å². The Morgan fingerprint density at radius 2 is 1.78 bits per heavy atom. The summed E-state index contributed by atoms with van der Waals surface area (Å²) in [4.78, 5) is 2.37. The third kappa shape index (κ3) is 2.29. The molecule has 1 heterocycles. The molecule has 0 bridgehead atoms. The zero-order valence-corrected chi connectivity index (χ0v) is 11.8. The second-order valence-corrected chi connectivity index (χ2v) is 6.34. The Morgan fingerprint density at radius 3 is 2.22 bits per heavy atom. The van der Waals surface area contributed by atoms with E-state index in [4.69, 9.17) is 0 Å². The molecule has 0 radical (unpaired) electrons. The topological polar surface area (TPSA) is 47.3 Å². The van der Waals surface area contributed by atoms with Gasteiger partial charge in [0.1, 0.15) is 0 Å². The first-order chi connectivity index (χ1) is 8.55. The van der Waals surface area contributed by atoms with Crippen LogP contribution < -0.4 is 0 Å². The molecule has 0 aromatic carbocycles. The molecule has 0 spiro atoms. The van der Waals surface area contributed by atoms with Crippen molar-refractivity contribution in [1.29, 1.82) is 5.26 Å². The molecule has 1 aliphatic carbocycles. The summed E-state index contributed by atoms with van der Waals surface area (Å²) in [5.41, 5.74) is -1.22. The fourth-order valence-electron chi connectivity index (χ4n) is 3.65. The summed E-state index contributed by atoms with van der Waals surface area (Å²) in [6, 6.07) is 2.51. The van der Waals surface area contributed by atoms with Crippen molar-refractivity contribution in [2.45, 2.75) is 58.0 Å². The zero-order valence-electron chi connectivity index (χ0n) is 11.8. The van der Waals surface area contributed by atoms with Crippen molar-refractivity contribution in [3.05, 3.63) is 0 Å². The first-order valence-electron chi connectivity index (χ1n) is 7.41. The molecule has 102 valence electrons. The Kier molecular flexibility index (Phi) is 3.99. The highest BCUT2D eigenvalue weighted by Crippen LogP contribution is 2.50. The maximum Gasteiger partial charge on any atom is 0.0861 e. The van der Waals surface area contributed by atoms with Crippen LogP contribution in [0.4, 0.5) is 0 Å². The van der Waals surface area contributed by atoms with E-state index in [0.29, 0.717) is 5.92 Å². The lowest BCUT2D eigenvalue weighted by atomic mass is 9.59. The summed E-state index contributed by atoms with van der Waals surface area (Å²) >= 11 is 0. The average molecular weight is 250 g/mol. The summed E-state index contributed by atoms with van der Waals surface area (Å²) in [5, 5.41) is 20.6. The number of rotatable bonds is 2. The molecule has 0 aromatic heterocycles. The number of nitrogens with zero attached hydrogens (tertiary/aromatic N) is 2. The molecule has 1 aliphatic heterocycles. The summed E-state index contributed by atoms with van der Waals surface area (Å²) in [6.07, 6.45) is 5.48. The smallest absolute Gasteiger partial charge is 0.0861 e. The van der Waals surface area contributed by atoms with Crippen LogP contribution in [0.1, 0.15) is 52.4 Å². The highest BCUT2D eigenvalue weighted by Gasteiger charge is 2.52. The van der Waals surface area contributed by atoms with E-state index in [1.807, 2.05) is 0 Å². The van der Waals surface area contributed by atoms with E-state index in [0.717, 1.165) is 58.2 Å². The van der Waals surface area contributed by atoms with Gasteiger partial charge in [0.05, 0.1) is 17.1 Å². The Hall–Kier alpha value is -0.590. The van der Waals surface area contributed by atoms with Crippen LogP contribution in [0.3, 0.4) is 0 Å². The van der Waals surface area contributed by atoms with Gasteiger partial charge in [0.25, 0.3) is 0 Å². The van der Waals surface area contributed by atoms with Gasteiger partial charge in [-0.1, -0.05) is 13.8 Å². The van der Waals surface area contributed by atoms with Crippen LogP contribution in [-0.4, -0.2) is 35.2 Å². The minimum absolute atomic E-state index is 0.473. The molecule has 0 amide bonds. The normalized spacial score (nSPS) is 37.1. The third-order valence-corrected chi connectivity index (χ3v) is 5.36. The van der Waals surface area contributed by atoms with E-state index in [2.05, 4.69) is 24.8 Å². The quantitative estimate of drug-likeness (QED) is 0.819. The van der Waals surface area contributed by atoms with E-state index >= 15 is 0 Å². The minimum atomic E-state index is -0.742. The van der Waals surface area contributed by atoms with Crippen LogP contribution >= 0.6 is 0 Å². The van der Waals surface area contributed by atoms with Gasteiger partial charge in [0.2, 0.25) is 0 Å². The predicted octanol–water partition coefficient (Wildman–Crippen LogP) is 2.55. The molecule has 3 heteroatoms. The molecule has 2 rings (SSSR count). The Balaban J connectivity index is 2.10. The molecule has 1 saturated heterocycles. The molecular formula is C15H26N2O. The van der Waals surface area contributed by atoms with Gasteiger partial charge in [-0.25, -0.2) is 0 Å².